The largest absolute Gasteiger partial charge is 0.417 e. The molecule has 0 fully saturated rings. The first-order chi connectivity index (χ1) is 6.32. The lowest BCUT2D eigenvalue weighted by Crippen LogP contribution is -2.24. The Morgan fingerprint density at radius 1 is 1.43 bits per heavy atom. The second kappa shape index (κ2) is 3.17. The minimum Gasteiger partial charge on any atom is -0.365 e. The molecule has 76 valence electrons. The minimum absolute atomic E-state index is 0.418. The maximum Gasteiger partial charge on any atom is 0.417 e. The van der Waals surface area contributed by atoms with Crippen molar-refractivity contribution >= 4 is 5.91 Å². The summed E-state index contributed by atoms with van der Waals surface area (Å²) in [5, 5.41) is 0. The van der Waals surface area contributed by atoms with Gasteiger partial charge >= 0.3 is 6.18 Å². The van der Waals surface area contributed by atoms with E-state index in [1.807, 2.05) is 0 Å². The molecule has 0 aliphatic carbocycles. The van der Waals surface area contributed by atoms with Crippen LogP contribution in [0.2, 0.25) is 0 Å². The van der Waals surface area contributed by atoms with E-state index in [9.17, 15) is 22.8 Å². The molecule has 0 saturated heterocycles. The number of aromatic nitrogens is 1. The number of carbonyl (C=O) groups is 1. The number of alkyl halides is 3. The van der Waals surface area contributed by atoms with Crippen molar-refractivity contribution in [3.05, 3.63) is 33.7 Å². The Morgan fingerprint density at radius 3 is 2.43 bits per heavy atom. The molecule has 1 amide bonds. The normalized spacial score (nSPS) is 11.4. The highest BCUT2D eigenvalue weighted by molar-refractivity contribution is 5.92. The van der Waals surface area contributed by atoms with E-state index < -0.39 is 28.8 Å². The first kappa shape index (κ1) is 10.3. The van der Waals surface area contributed by atoms with Crippen LogP contribution in [0.3, 0.4) is 0 Å². The number of hydrogen-bond donors (Lipinski definition) is 2. The van der Waals surface area contributed by atoms with Crippen LogP contribution in [0.5, 0.6) is 0 Å². The summed E-state index contributed by atoms with van der Waals surface area (Å²) in [6.07, 6.45) is -4.14. The molecule has 0 saturated carbocycles. The van der Waals surface area contributed by atoms with Gasteiger partial charge in [-0.3, -0.25) is 9.59 Å². The van der Waals surface area contributed by atoms with E-state index in [0.29, 0.717) is 12.3 Å². The molecular weight excluding hydrogens is 201 g/mol. The van der Waals surface area contributed by atoms with Gasteiger partial charge in [-0.2, -0.15) is 13.2 Å². The minimum atomic E-state index is -4.62. The van der Waals surface area contributed by atoms with Crippen LogP contribution in [-0.4, -0.2) is 10.9 Å². The molecule has 1 rings (SSSR count). The molecule has 1 aromatic rings. The maximum absolute atomic E-state index is 12.1. The molecule has 3 N–H and O–H groups in total. The van der Waals surface area contributed by atoms with Crippen molar-refractivity contribution in [3.63, 3.8) is 0 Å². The predicted molar refractivity (Wildman–Crippen MR) is 40.6 cm³/mol. The number of primary amides is 1. The number of nitrogens with two attached hydrogens (primary N) is 1. The van der Waals surface area contributed by atoms with E-state index in [2.05, 4.69) is 0 Å². The average Bonchev–Trinajstić information content (AvgIpc) is 2.02. The van der Waals surface area contributed by atoms with Gasteiger partial charge in [-0.05, 0) is 6.07 Å². The van der Waals surface area contributed by atoms with Crippen LogP contribution >= 0.6 is 0 Å². The first-order valence-electron chi connectivity index (χ1n) is 3.42. The Hall–Kier alpha value is -1.79. The predicted octanol–water partition coefficient (Wildman–Crippen LogP) is 0.493. The molecule has 14 heavy (non-hydrogen) atoms. The molecule has 7 heteroatoms. The van der Waals surface area contributed by atoms with E-state index in [1.54, 1.807) is 4.98 Å². The molecule has 0 aromatic carbocycles. The zero-order valence-electron chi connectivity index (χ0n) is 6.68. The lowest BCUT2D eigenvalue weighted by atomic mass is 10.2. The van der Waals surface area contributed by atoms with Crippen molar-refractivity contribution in [1.82, 2.24) is 4.98 Å². The van der Waals surface area contributed by atoms with Gasteiger partial charge < -0.3 is 10.7 Å². The van der Waals surface area contributed by atoms with Crippen LogP contribution in [-0.2, 0) is 6.18 Å². The molecule has 0 spiro atoms. The standard InChI is InChI=1S/C7H5F3N2O2/c8-7(9,10)3-1-4(5(11)13)6(14)12-2-3/h1-2H,(H2,11,13)(H,12,14). The Balaban J connectivity index is 3.34. The summed E-state index contributed by atoms with van der Waals surface area (Å²) in [6, 6.07) is 0.418. The third-order valence-electron chi connectivity index (χ3n) is 1.50. The fourth-order valence-corrected chi connectivity index (χ4v) is 0.830. The zero-order valence-corrected chi connectivity index (χ0v) is 6.68. The summed E-state index contributed by atoms with van der Waals surface area (Å²) in [6.45, 7) is 0. The number of carbonyl (C=O) groups excluding carboxylic acids is 1. The monoisotopic (exact) mass is 206 g/mol. The van der Waals surface area contributed by atoms with Crippen molar-refractivity contribution in [2.45, 2.75) is 6.18 Å². The van der Waals surface area contributed by atoms with E-state index in [-0.39, 0.29) is 0 Å². The van der Waals surface area contributed by atoms with Crippen LogP contribution in [0.1, 0.15) is 15.9 Å². The molecule has 1 heterocycles. The van der Waals surface area contributed by atoms with Crippen LogP contribution in [0.25, 0.3) is 0 Å². The molecule has 0 unspecified atom stereocenters. The van der Waals surface area contributed by atoms with Crippen molar-refractivity contribution in [1.29, 1.82) is 0 Å². The quantitative estimate of drug-likeness (QED) is 0.701. The summed E-state index contributed by atoms with van der Waals surface area (Å²) in [7, 11) is 0. The topological polar surface area (TPSA) is 76.0 Å². The molecular formula is C7H5F3N2O2. The van der Waals surface area contributed by atoms with Crippen molar-refractivity contribution in [3.8, 4) is 0 Å². The number of rotatable bonds is 1. The van der Waals surface area contributed by atoms with E-state index in [4.69, 9.17) is 5.73 Å². The molecule has 0 aliphatic heterocycles. The van der Waals surface area contributed by atoms with Gasteiger partial charge in [0.25, 0.3) is 11.5 Å². The zero-order chi connectivity index (χ0) is 10.9. The number of nitrogens with one attached hydrogen (secondary N) is 1. The van der Waals surface area contributed by atoms with Crippen LogP contribution in [0.15, 0.2) is 17.1 Å². The number of pyridine rings is 1. The summed E-state index contributed by atoms with van der Waals surface area (Å²) < 4.78 is 36.3. The second-order valence-corrected chi connectivity index (χ2v) is 2.49. The van der Waals surface area contributed by atoms with Gasteiger partial charge in [-0.15, -0.1) is 0 Å². The molecule has 1 aromatic heterocycles. The Morgan fingerprint density at radius 2 is 2.00 bits per heavy atom. The van der Waals surface area contributed by atoms with Gasteiger partial charge in [0.15, 0.2) is 0 Å². The molecule has 0 radical (unpaired) electrons. The third-order valence-corrected chi connectivity index (χ3v) is 1.50. The highest BCUT2D eigenvalue weighted by Crippen LogP contribution is 2.28. The highest BCUT2D eigenvalue weighted by atomic mass is 19.4. The molecule has 0 atom stereocenters. The number of aromatic amines is 1. The summed E-state index contributed by atoms with van der Waals surface area (Å²) >= 11 is 0. The third kappa shape index (κ3) is 1.93. The fourth-order valence-electron chi connectivity index (χ4n) is 0.830. The van der Waals surface area contributed by atoms with E-state index in [1.165, 1.54) is 0 Å². The van der Waals surface area contributed by atoms with Gasteiger partial charge in [-0.1, -0.05) is 0 Å². The maximum atomic E-state index is 12.1. The number of halogens is 3. The Bertz CT molecular complexity index is 422. The SMILES string of the molecule is NC(=O)c1cc(C(F)(F)F)c[nH]c1=O. The molecule has 4 nitrogen and oxygen atoms in total. The molecule has 0 aliphatic rings. The van der Waals surface area contributed by atoms with Gasteiger partial charge in [0, 0.05) is 6.20 Å². The Kier molecular flexibility index (Phi) is 2.33. The van der Waals surface area contributed by atoms with Crippen LogP contribution in [0, 0.1) is 0 Å². The van der Waals surface area contributed by atoms with Crippen LogP contribution in [0.4, 0.5) is 13.2 Å². The van der Waals surface area contributed by atoms with E-state index >= 15 is 0 Å². The van der Waals surface area contributed by atoms with Gasteiger partial charge in [0.1, 0.15) is 5.56 Å². The number of hydrogen-bond acceptors (Lipinski definition) is 2. The fraction of sp³-hybridized carbons (Fsp3) is 0.143. The second-order valence-electron chi connectivity index (χ2n) is 2.49. The Labute approximate surface area is 75.5 Å². The summed E-state index contributed by atoms with van der Waals surface area (Å²) in [4.78, 5) is 23.1. The summed E-state index contributed by atoms with van der Waals surface area (Å²) in [5.74, 6) is -1.20. The van der Waals surface area contributed by atoms with Crippen molar-refractivity contribution in [2.24, 2.45) is 5.73 Å². The first-order valence-corrected chi connectivity index (χ1v) is 3.42. The number of H-pyrrole nitrogens is 1. The molecule has 0 bridgehead atoms. The average molecular weight is 206 g/mol. The number of amides is 1. The van der Waals surface area contributed by atoms with E-state index in [0.717, 1.165) is 0 Å². The van der Waals surface area contributed by atoms with Gasteiger partial charge in [-0.25, -0.2) is 0 Å². The lowest BCUT2D eigenvalue weighted by Gasteiger charge is -2.05. The smallest absolute Gasteiger partial charge is 0.365 e. The van der Waals surface area contributed by atoms with Crippen molar-refractivity contribution < 1.29 is 18.0 Å². The van der Waals surface area contributed by atoms with Gasteiger partial charge in [0.05, 0.1) is 5.56 Å². The van der Waals surface area contributed by atoms with Gasteiger partial charge in [0.2, 0.25) is 0 Å². The summed E-state index contributed by atoms with van der Waals surface area (Å²) in [5.41, 5.74) is 1.93. The van der Waals surface area contributed by atoms with Crippen molar-refractivity contribution in [2.75, 3.05) is 0 Å². The lowest BCUT2D eigenvalue weighted by molar-refractivity contribution is -0.137. The van der Waals surface area contributed by atoms with Crippen LogP contribution < -0.4 is 11.3 Å². The highest BCUT2D eigenvalue weighted by Gasteiger charge is 2.31.